The van der Waals surface area contributed by atoms with Crippen LogP contribution in [0, 0.1) is 5.82 Å². The van der Waals surface area contributed by atoms with E-state index in [0.29, 0.717) is 5.39 Å². The van der Waals surface area contributed by atoms with E-state index >= 15 is 0 Å². The molecule has 2 rings (SSSR count). The van der Waals surface area contributed by atoms with E-state index in [4.69, 9.17) is 11.6 Å². The third kappa shape index (κ3) is 3.29. The Morgan fingerprint density at radius 2 is 2.00 bits per heavy atom. The van der Waals surface area contributed by atoms with Crippen LogP contribution in [0.4, 0.5) is 4.39 Å². The zero-order chi connectivity index (χ0) is 15.2. The zero-order valence-electron chi connectivity index (χ0n) is 12.0. The second kappa shape index (κ2) is 7.01. The third-order valence-electron chi connectivity index (χ3n) is 3.45. The first kappa shape index (κ1) is 15.2. The molecule has 5 nitrogen and oxygen atoms in total. The number of nitrogens with one attached hydrogen (secondary N) is 1. The molecule has 0 bridgehead atoms. The van der Waals surface area contributed by atoms with Gasteiger partial charge in [-0.2, -0.15) is 5.10 Å². The van der Waals surface area contributed by atoms with E-state index in [2.05, 4.69) is 10.4 Å². The van der Waals surface area contributed by atoms with Crippen molar-refractivity contribution in [2.45, 2.75) is 12.5 Å². The molecule has 5 N–H and O–H groups in total. The highest BCUT2D eigenvalue weighted by molar-refractivity contribution is 5.86. The van der Waals surface area contributed by atoms with Crippen molar-refractivity contribution in [3.05, 3.63) is 47.8 Å². The Balaban J connectivity index is 2.51. The van der Waals surface area contributed by atoms with Crippen molar-refractivity contribution in [2.75, 3.05) is 13.6 Å². The first-order valence-electron chi connectivity index (χ1n) is 6.79. The Morgan fingerprint density at radius 3 is 2.67 bits per heavy atom. The van der Waals surface area contributed by atoms with Gasteiger partial charge in [0.2, 0.25) is 0 Å². The van der Waals surface area contributed by atoms with Crippen LogP contribution in [0.5, 0.6) is 0 Å². The van der Waals surface area contributed by atoms with Crippen molar-refractivity contribution in [3.63, 3.8) is 0 Å². The minimum Gasteiger partial charge on any atom is -0.388 e. The van der Waals surface area contributed by atoms with Gasteiger partial charge in [0.15, 0.2) is 0 Å². The molecular formula is C15H20FN5. The van der Waals surface area contributed by atoms with Crippen LogP contribution in [-0.4, -0.2) is 25.0 Å². The predicted molar refractivity (Wildman–Crippen MR) is 83.9 cm³/mol. The summed E-state index contributed by atoms with van der Waals surface area (Å²) in [7, 11) is 1.87. The zero-order valence-corrected chi connectivity index (χ0v) is 12.0. The van der Waals surface area contributed by atoms with Gasteiger partial charge in [0, 0.05) is 5.39 Å². The largest absolute Gasteiger partial charge is 0.388 e. The normalized spacial score (nSPS) is 12.9. The molecule has 0 aromatic heterocycles. The quantitative estimate of drug-likeness (QED) is 0.327. The van der Waals surface area contributed by atoms with Crippen LogP contribution in [0.2, 0.25) is 0 Å². The van der Waals surface area contributed by atoms with Gasteiger partial charge in [-0.25, -0.2) is 15.4 Å². The lowest BCUT2D eigenvalue weighted by Crippen LogP contribution is -2.33. The highest BCUT2D eigenvalue weighted by Gasteiger charge is 2.19. The van der Waals surface area contributed by atoms with E-state index < -0.39 is 0 Å². The minimum absolute atomic E-state index is 0.192. The summed E-state index contributed by atoms with van der Waals surface area (Å²) >= 11 is 0. The first-order valence-corrected chi connectivity index (χ1v) is 6.79. The molecule has 0 heterocycles. The van der Waals surface area contributed by atoms with Crippen molar-refractivity contribution in [1.29, 1.82) is 0 Å². The number of rotatable bonds is 6. The molecule has 0 radical (unpaired) electrons. The van der Waals surface area contributed by atoms with Crippen molar-refractivity contribution < 1.29 is 4.39 Å². The second-order valence-corrected chi connectivity index (χ2v) is 4.73. The highest BCUT2D eigenvalue weighted by atomic mass is 19.1. The fourth-order valence-electron chi connectivity index (χ4n) is 2.44. The van der Waals surface area contributed by atoms with Crippen LogP contribution in [0.1, 0.15) is 18.0 Å². The molecule has 112 valence electrons. The van der Waals surface area contributed by atoms with Gasteiger partial charge in [-0.3, -0.25) is 0 Å². The molecule has 6 heteroatoms. The van der Waals surface area contributed by atoms with Gasteiger partial charge in [0.05, 0.1) is 6.04 Å². The standard InChI is InChI=1S/C15H20FN5/c1-19-9-8-15(21(18)20-10-17)13-6-7-14(16)12-5-3-2-4-11(12)13/h2-7,10,15,19H,8-9,18H2,1H3,(H2,17,20). The number of halogens is 1. The summed E-state index contributed by atoms with van der Waals surface area (Å²) in [5, 5.41) is 9.74. The number of nitrogens with two attached hydrogens (primary N) is 2. The molecule has 0 aliphatic carbocycles. The van der Waals surface area contributed by atoms with Gasteiger partial charge in [-0.1, -0.05) is 30.3 Å². The molecule has 2 aromatic rings. The Hall–Kier alpha value is -2.18. The number of hydrogen-bond donors (Lipinski definition) is 3. The summed E-state index contributed by atoms with van der Waals surface area (Å²) in [6.45, 7) is 0.754. The summed E-state index contributed by atoms with van der Waals surface area (Å²) in [6, 6.07) is 10.4. The molecule has 0 saturated heterocycles. The van der Waals surface area contributed by atoms with E-state index in [1.54, 1.807) is 12.1 Å². The van der Waals surface area contributed by atoms with E-state index in [1.165, 1.54) is 11.2 Å². The summed E-state index contributed by atoms with van der Waals surface area (Å²) in [4.78, 5) is 0. The summed E-state index contributed by atoms with van der Waals surface area (Å²) in [5.74, 6) is 5.72. The van der Waals surface area contributed by atoms with E-state index in [0.717, 1.165) is 30.3 Å². The monoisotopic (exact) mass is 289 g/mol. The van der Waals surface area contributed by atoms with Crippen LogP contribution < -0.4 is 16.9 Å². The Bertz CT molecular complexity index is 628. The number of hydrogen-bond acceptors (Lipinski definition) is 4. The number of hydrazone groups is 1. The fourth-order valence-corrected chi connectivity index (χ4v) is 2.44. The Labute approximate surface area is 123 Å². The van der Waals surface area contributed by atoms with Crippen LogP contribution >= 0.6 is 0 Å². The molecule has 0 spiro atoms. The minimum atomic E-state index is -0.243. The van der Waals surface area contributed by atoms with Gasteiger partial charge in [-0.15, -0.1) is 0 Å². The van der Waals surface area contributed by atoms with Gasteiger partial charge in [0.1, 0.15) is 12.2 Å². The number of fused-ring (bicyclic) bond motifs is 1. The fraction of sp³-hybridized carbons (Fsp3) is 0.267. The lowest BCUT2D eigenvalue weighted by atomic mass is 9.96. The average Bonchev–Trinajstić information content (AvgIpc) is 2.50. The van der Waals surface area contributed by atoms with Gasteiger partial charge in [0.25, 0.3) is 0 Å². The lowest BCUT2D eigenvalue weighted by molar-refractivity contribution is 0.202. The van der Waals surface area contributed by atoms with Gasteiger partial charge >= 0.3 is 0 Å². The number of hydrazine groups is 1. The molecule has 1 atom stereocenters. The molecule has 0 amide bonds. The molecule has 0 aliphatic heterocycles. The van der Waals surface area contributed by atoms with Crippen LogP contribution in [0.3, 0.4) is 0 Å². The van der Waals surface area contributed by atoms with E-state index in [-0.39, 0.29) is 11.9 Å². The van der Waals surface area contributed by atoms with E-state index in [1.807, 2.05) is 25.2 Å². The predicted octanol–water partition coefficient (Wildman–Crippen LogP) is 1.71. The van der Waals surface area contributed by atoms with Crippen molar-refractivity contribution in [1.82, 2.24) is 10.4 Å². The smallest absolute Gasteiger partial charge is 0.131 e. The van der Waals surface area contributed by atoms with Crippen molar-refractivity contribution in [2.24, 2.45) is 16.7 Å². The molecule has 0 fully saturated rings. The number of benzene rings is 2. The summed E-state index contributed by atoms with van der Waals surface area (Å²) < 4.78 is 13.9. The van der Waals surface area contributed by atoms with Crippen LogP contribution in [0.15, 0.2) is 41.5 Å². The maximum atomic E-state index is 13.9. The molecule has 0 aliphatic rings. The summed E-state index contributed by atoms with van der Waals surface area (Å²) in [5.41, 5.74) is 6.25. The molecular weight excluding hydrogens is 269 g/mol. The van der Waals surface area contributed by atoms with Gasteiger partial charge in [-0.05, 0) is 37.0 Å². The lowest BCUT2D eigenvalue weighted by Gasteiger charge is -2.26. The first-order chi connectivity index (χ1) is 10.2. The average molecular weight is 289 g/mol. The molecule has 21 heavy (non-hydrogen) atoms. The Morgan fingerprint density at radius 1 is 1.29 bits per heavy atom. The topological polar surface area (TPSA) is 79.7 Å². The van der Waals surface area contributed by atoms with Crippen molar-refractivity contribution in [3.8, 4) is 0 Å². The highest BCUT2D eigenvalue weighted by Crippen LogP contribution is 2.30. The molecule has 0 saturated carbocycles. The van der Waals surface area contributed by atoms with Crippen LogP contribution in [0.25, 0.3) is 10.8 Å². The number of nitrogens with zero attached hydrogens (tertiary/aromatic N) is 2. The van der Waals surface area contributed by atoms with E-state index in [9.17, 15) is 4.39 Å². The summed E-state index contributed by atoms with van der Waals surface area (Å²) in [6.07, 6.45) is 1.87. The SMILES string of the molecule is CNCCC(c1ccc(F)c2ccccc12)N(N)/N=C\N. The van der Waals surface area contributed by atoms with Crippen molar-refractivity contribution >= 4 is 17.1 Å². The van der Waals surface area contributed by atoms with Gasteiger partial charge < -0.3 is 11.1 Å². The van der Waals surface area contributed by atoms with Crippen LogP contribution in [-0.2, 0) is 0 Å². The molecule has 1 unspecified atom stereocenters. The molecule has 2 aromatic carbocycles. The maximum absolute atomic E-state index is 13.9. The maximum Gasteiger partial charge on any atom is 0.131 e. The third-order valence-corrected chi connectivity index (χ3v) is 3.45. The Kier molecular flexibility index (Phi) is 5.08. The second-order valence-electron chi connectivity index (χ2n) is 4.73.